The summed E-state index contributed by atoms with van der Waals surface area (Å²) >= 11 is 0. The van der Waals surface area contributed by atoms with Crippen molar-refractivity contribution >= 4 is 33.3 Å². The van der Waals surface area contributed by atoms with Gasteiger partial charge in [0.05, 0.1) is 5.52 Å². The minimum atomic E-state index is -0.0204. The lowest BCUT2D eigenvalue weighted by Gasteiger charge is -2.11. The van der Waals surface area contributed by atoms with Crippen LogP contribution in [0.15, 0.2) is 36.5 Å². The van der Waals surface area contributed by atoms with Gasteiger partial charge >= 0.3 is 0 Å². The van der Waals surface area contributed by atoms with Crippen molar-refractivity contribution in [2.45, 2.75) is 19.8 Å². The number of hydrogen-bond donors (Lipinski definition) is 1. The Balaban J connectivity index is 2.10. The molecule has 20 heavy (non-hydrogen) atoms. The SMILES string of the molecule is CC(=O)Nc1ccc2c3c(cc4cccnc42)CCc13. The van der Waals surface area contributed by atoms with E-state index >= 15 is 0 Å². The van der Waals surface area contributed by atoms with E-state index in [1.54, 1.807) is 6.92 Å². The molecule has 0 unspecified atom stereocenters. The number of amides is 1. The lowest BCUT2D eigenvalue weighted by Crippen LogP contribution is -2.07. The number of pyridine rings is 1. The summed E-state index contributed by atoms with van der Waals surface area (Å²) in [5, 5.41) is 6.60. The standard InChI is InChI=1S/C17H14N2O/c1-10(20)19-15-7-6-14-16-11(4-5-13(15)16)9-12-3-2-8-18-17(12)14/h2-3,6-9H,4-5H2,1H3,(H,19,20). The van der Waals surface area contributed by atoms with Gasteiger partial charge in [0.15, 0.2) is 0 Å². The monoisotopic (exact) mass is 262 g/mol. The smallest absolute Gasteiger partial charge is 0.221 e. The highest BCUT2D eigenvalue weighted by Gasteiger charge is 2.20. The second kappa shape index (κ2) is 4.04. The summed E-state index contributed by atoms with van der Waals surface area (Å²) in [5.74, 6) is -0.0204. The highest BCUT2D eigenvalue weighted by molar-refractivity contribution is 6.11. The maximum absolute atomic E-state index is 11.3. The van der Waals surface area contributed by atoms with E-state index in [0.29, 0.717) is 0 Å². The van der Waals surface area contributed by atoms with Crippen LogP contribution < -0.4 is 5.32 Å². The number of rotatable bonds is 1. The number of carbonyl (C=O) groups is 1. The van der Waals surface area contributed by atoms with E-state index < -0.39 is 0 Å². The molecule has 1 aliphatic rings. The molecule has 1 amide bonds. The molecule has 0 fully saturated rings. The molecule has 1 N–H and O–H groups in total. The third-order valence-corrected chi connectivity index (χ3v) is 4.01. The molecule has 1 heterocycles. The van der Waals surface area contributed by atoms with Gasteiger partial charge in [-0.15, -0.1) is 0 Å². The summed E-state index contributed by atoms with van der Waals surface area (Å²) in [6, 6.07) is 10.4. The number of aryl methyl sites for hydroxylation is 2. The van der Waals surface area contributed by atoms with Crippen molar-refractivity contribution in [1.29, 1.82) is 0 Å². The molecule has 3 heteroatoms. The van der Waals surface area contributed by atoms with E-state index in [9.17, 15) is 4.79 Å². The van der Waals surface area contributed by atoms with Crippen molar-refractivity contribution in [2.75, 3.05) is 5.32 Å². The highest BCUT2D eigenvalue weighted by Crippen LogP contribution is 2.38. The van der Waals surface area contributed by atoms with E-state index in [1.165, 1.54) is 27.3 Å². The van der Waals surface area contributed by atoms with E-state index in [0.717, 1.165) is 24.0 Å². The molecule has 1 aliphatic carbocycles. The molecule has 0 spiro atoms. The summed E-state index contributed by atoms with van der Waals surface area (Å²) in [6.45, 7) is 1.55. The highest BCUT2D eigenvalue weighted by atomic mass is 16.1. The number of hydrogen-bond acceptors (Lipinski definition) is 2. The van der Waals surface area contributed by atoms with E-state index in [-0.39, 0.29) is 5.91 Å². The minimum absolute atomic E-state index is 0.0204. The fraction of sp³-hybridized carbons (Fsp3) is 0.176. The molecule has 0 radical (unpaired) electrons. The van der Waals surface area contributed by atoms with Gasteiger partial charge < -0.3 is 5.32 Å². The van der Waals surface area contributed by atoms with Crippen LogP contribution in [-0.2, 0) is 17.6 Å². The summed E-state index contributed by atoms with van der Waals surface area (Å²) < 4.78 is 0. The molecule has 3 nitrogen and oxygen atoms in total. The van der Waals surface area contributed by atoms with Crippen LogP contribution >= 0.6 is 0 Å². The molecule has 4 rings (SSSR count). The molecule has 0 saturated carbocycles. The summed E-state index contributed by atoms with van der Waals surface area (Å²) in [6.07, 6.45) is 3.85. The lowest BCUT2D eigenvalue weighted by molar-refractivity contribution is -0.114. The maximum atomic E-state index is 11.3. The summed E-state index contributed by atoms with van der Waals surface area (Å²) in [4.78, 5) is 15.8. The van der Waals surface area contributed by atoms with Crippen molar-refractivity contribution in [3.05, 3.63) is 47.7 Å². The number of nitrogens with one attached hydrogen (secondary N) is 1. The largest absolute Gasteiger partial charge is 0.326 e. The predicted molar refractivity (Wildman–Crippen MR) is 81.0 cm³/mol. The Morgan fingerprint density at radius 3 is 3.00 bits per heavy atom. The van der Waals surface area contributed by atoms with Crippen LogP contribution in [0.5, 0.6) is 0 Å². The Kier molecular flexibility index (Phi) is 2.30. The number of nitrogens with zero attached hydrogens (tertiary/aromatic N) is 1. The molecule has 0 aliphatic heterocycles. The van der Waals surface area contributed by atoms with Crippen LogP contribution in [0.25, 0.3) is 21.7 Å². The first kappa shape index (κ1) is 11.4. The van der Waals surface area contributed by atoms with Gasteiger partial charge in [-0.1, -0.05) is 12.1 Å². The van der Waals surface area contributed by atoms with Crippen LogP contribution in [0.2, 0.25) is 0 Å². The molecule has 0 bridgehead atoms. The van der Waals surface area contributed by atoms with E-state index in [2.05, 4.69) is 28.5 Å². The molecular weight excluding hydrogens is 248 g/mol. The average molecular weight is 262 g/mol. The van der Waals surface area contributed by atoms with Gasteiger partial charge in [0.25, 0.3) is 0 Å². The van der Waals surface area contributed by atoms with Crippen molar-refractivity contribution in [3.63, 3.8) is 0 Å². The number of carbonyl (C=O) groups excluding carboxylic acids is 1. The predicted octanol–water partition coefficient (Wildman–Crippen LogP) is 3.45. The van der Waals surface area contributed by atoms with Crippen LogP contribution in [0.4, 0.5) is 5.69 Å². The molecule has 3 aromatic rings. The first-order valence-electron chi connectivity index (χ1n) is 6.84. The Hall–Kier alpha value is -2.42. The van der Waals surface area contributed by atoms with Crippen LogP contribution in [0, 0.1) is 0 Å². The second-order valence-electron chi connectivity index (χ2n) is 5.31. The van der Waals surface area contributed by atoms with Crippen LogP contribution in [0.3, 0.4) is 0 Å². The zero-order chi connectivity index (χ0) is 13.7. The van der Waals surface area contributed by atoms with Gasteiger partial charge in [0, 0.05) is 29.6 Å². The Bertz CT molecular complexity index is 868. The van der Waals surface area contributed by atoms with Crippen molar-refractivity contribution in [2.24, 2.45) is 0 Å². The first-order valence-corrected chi connectivity index (χ1v) is 6.84. The molecular formula is C17H14N2O. The van der Waals surface area contributed by atoms with Gasteiger partial charge in [-0.05, 0) is 47.6 Å². The lowest BCUT2D eigenvalue weighted by atomic mass is 10.00. The second-order valence-corrected chi connectivity index (χ2v) is 5.31. The van der Waals surface area contributed by atoms with Gasteiger partial charge in [0.2, 0.25) is 5.91 Å². The van der Waals surface area contributed by atoms with Crippen molar-refractivity contribution < 1.29 is 4.79 Å². The van der Waals surface area contributed by atoms with Gasteiger partial charge in [-0.25, -0.2) is 0 Å². The van der Waals surface area contributed by atoms with Crippen LogP contribution in [0.1, 0.15) is 18.1 Å². The van der Waals surface area contributed by atoms with Gasteiger partial charge in [0.1, 0.15) is 0 Å². The fourth-order valence-electron chi connectivity index (χ4n) is 3.25. The van der Waals surface area contributed by atoms with Gasteiger partial charge in [-0.2, -0.15) is 0 Å². The normalized spacial score (nSPS) is 13.1. The number of anilines is 1. The summed E-state index contributed by atoms with van der Waals surface area (Å²) in [5.41, 5.74) is 4.60. The zero-order valence-electron chi connectivity index (χ0n) is 11.2. The van der Waals surface area contributed by atoms with Crippen molar-refractivity contribution in [3.8, 4) is 0 Å². The molecule has 98 valence electrons. The number of aromatic nitrogens is 1. The summed E-state index contributed by atoms with van der Waals surface area (Å²) in [7, 11) is 0. The molecule has 2 aromatic carbocycles. The van der Waals surface area contributed by atoms with Crippen molar-refractivity contribution in [1.82, 2.24) is 4.98 Å². The number of fused-ring (bicyclic) bond motifs is 2. The Morgan fingerprint density at radius 1 is 1.25 bits per heavy atom. The van der Waals surface area contributed by atoms with E-state index in [4.69, 9.17) is 0 Å². The first-order chi connectivity index (χ1) is 9.74. The molecule has 0 saturated heterocycles. The Morgan fingerprint density at radius 2 is 2.15 bits per heavy atom. The Labute approximate surface area is 116 Å². The third kappa shape index (κ3) is 1.53. The average Bonchev–Trinajstić information content (AvgIpc) is 2.86. The van der Waals surface area contributed by atoms with Crippen LogP contribution in [-0.4, -0.2) is 10.9 Å². The van der Waals surface area contributed by atoms with Gasteiger partial charge in [-0.3, -0.25) is 9.78 Å². The fourth-order valence-corrected chi connectivity index (χ4v) is 3.25. The number of benzene rings is 2. The zero-order valence-corrected chi connectivity index (χ0v) is 11.2. The van der Waals surface area contributed by atoms with E-state index in [1.807, 2.05) is 18.3 Å². The topological polar surface area (TPSA) is 42.0 Å². The maximum Gasteiger partial charge on any atom is 0.221 e. The quantitative estimate of drug-likeness (QED) is 0.682. The minimum Gasteiger partial charge on any atom is -0.326 e. The molecule has 1 aromatic heterocycles. The molecule has 0 atom stereocenters. The third-order valence-electron chi connectivity index (χ3n) is 4.01.